The smallest absolute Gasteiger partial charge is 0.288 e. The fourth-order valence-electron chi connectivity index (χ4n) is 2.94. The van der Waals surface area contributed by atoms with Gasteiger partial charge < -0.3 is 9.73 Å². The molecule has 27 heavy (non-hydrogen) atoms. The quantitative estimate of drug-likeness (QED) is 0.779. The lowest BCUT2D eigenvalue weighted by molar-refractivity contribution is -0.124. The lowest BCUT2D eigenvalue weighted by Crippen LogP contribution is -2.51. The molecule has 3 heterocycles. The zero-order valence-corrected chi connectivity index (χ0v) is 16.8. The second kappa shape index (κ2) is 8.28. The molecule has 0 saturated carbocycles. The second-order valence-corrected chi connectivity index (χ2v) is 8.10. The molecule has 1 N–H and O–H groups in total. The molecular formula is C18H26N6O2S. The molecule has 1 fully saturated rings. The Morgan fingerprint density at radius 3 is 2.59 bits per heavy atom. The van der Waals surface area contributed by atoms with Crippen LogP contribution in [0.2, 0.25) is 0 Å². The molecule has 0 radical (unpaired) electrons. The molecule has 2 aromatic heterocycles. The van der Waals surface area contributed by atoms with E-state index in [1.807, 2.05) is 32.9 Å². The third kappa shape index (κ3) is 5.69. The van der Waals surface area contributed by atoms with Crippen LogP contribution in [-0.2, 0) is 11.5 Å². The highest BCUT2D eigenvalue weighted by Gasteiger charge is 2.22. The Labute approximate surface area is 164 Å². The van der Waals surface area contributed by atoms with E-state index in [4.69, 9.17) is 16.6 Å². The molecule has 8 nitrogen and oxygen atoms in total. The van der Waals surface area contributed by atoms with Gasteiger partial charge in [-0.25, -0.2) is 4.68 Å². The van der Waals surface area contributed by atoms with E-state index in [1.165, 1.54) is 0 Å². The number of carbonyl (C=O) groups is 1. The molecule has 146 valence electrons. The first-order chi connectivity index (χ1) is 12.8. The van der Waals surface area contributed by atoms with Gasteiger partial charge in [0.15, 0.2) is 0 Å². The van der Waals surface area contributed by atoms with Crippen molar-refractivity contribution in [3.05, 3.63) is 29.4 Å². The van der Waals surface area contributed by atoms with Crippen LogP contribution in [0.4, 0.5) is 0 Å². The van der Waals surface area contributed by atoms with Gasteiger partial charge in [0.1, 0.15) is 0 Å². The van der Waals surface area contributed by atoms with E-state index in [9.17, 15) is 4.79 Å². The summed E-state index contributed by atoms with van der Waals surface area (Å²) in [6.07, 6.45) is 3.41. The molecule has 0 aliphatic carbocycles. The summed E-state index contributed by atoms with van der Waals surface area (Å²) >= 11 is 5.30. The molecule has 1 saturated heterocycles. The molecule has 0 spiro atoms. The lowest BCUT2D eigenvalue weighted by atomic mass is 10.1. The van der Waals surface area contributed by atoms with E-state index >= 15 is 0 Å². The fraction of sp³-hybridized carbons (Fsp3) is 0.556. The van der Waals surface area contributed by atoms with E-state index < -0.39 is 0 Å². The molecule has 1 aliphatic heterocycles. The maximum Gasteiger partial charge on any atom is 0.288 e. The first-order valence-electron chi connectivity index (χ1n) is 9.04. The van der Waals surface area contributed by atoms with Crippen LogP contribution in [0.15, 0.2) is 28.9 Å². The van der Waals surface area contributed by atoms with E-state index in [2.05, 4.69) is 25.2 Å². The van der Waals surface area contributed by atoms with Gasteiger partial charge >= 0.3 is 0 Å². The van der Waals surface area contributed by atoms with Crippen LogP contribution in [0, 0.1) is 4.84 Å². The normalized spacial score (nSPS) is 16.4. The number of piperazine rings is 1. The number of nitrogens with one attached hydrogen (secondary N) is 1. The number of amides is 1. The highest BCUT2D eigenvalue weighted by atomic mass is 32.1. The number of carbonyl (C=O) groups excluding carboxylic acids is 1. The van der Waals surface area contributed by atoms with Gasteiger partial charge in [0, 0.05) is 44.1 Å². The Morgan fingerprint density at radius 1 is 1.26 bits per heavy atom. The molecule has 2 aromatic rings. The first-order valence-corrected chi connectivity index (χ1v) is 9.45. The third-order valence-corrected chi connectivity index (χ3v) is 4.49. The van der Waals surface area contributed by atoms with Crippen LogP contribution in [0.25, 0.3) is 11.5 Å². The number of aromatic nitrogens is 3. The number of hydrogen-bond donors (Lipinski definition) is 1. The summed E-state index contributed by atoms with van der Waals surface area (Å²) in [5.74, 6) is 0.543. The summed E-state index contributed by atoms with van der Waals surface area (Å²) in [6.45, 7) is 10.3. The number of pyridine rings is 1. The van der Waals surface area contributed by atoms with Gasteiger partial charge in [-0.1, -0.05) is 0 Å². The Hall–Kier alpha value is -2.10. The Balaban J connectivity index is 1.52. The predicted molar refractivity (Wildman–Crippen MR) is 104 cm³/mol. The molecule has 0 bridgehead atoms. The average Bonchev–Trinajstić information content (AvgIpc) is 2.96. The SMILES string of the molecule is CC(C)(C)NC(=O)CN1CCN(Cn2nc(-c3cccnc3)oc2=S)CC1. The van der Waals surface area contributed by atoms with Gasteiger partial charge in [-0.05, 0) is 45.1 Å². The van der Waals surface area contributed by atoms with Crippen molar-refractivity contribution in [2.75, 3.05) is 32.7 Å². The van der Waals surface area contributed by atoms with Crippen LogP contribution < -0.4 is 5.32 Å². The van der Waals surface area contributed by atoms with Crippen molar-refractivity contribution in [3.8, 4) is 11.5 Å². The Kier molecular flexibility index (Phi) is 6.03. The minimum atomic E-state index is -0.200. The number of nitrogens with zero attached hydrogens (tertiary/aromatic N) is 5. The maximum atomic E-state index is 12.1. The van der Waals surface area contributed by atoms with Gasteiger partial charge in [0.25, 0.3) is 4.84 Å². The fourth-order valence-corrected chi connectivity index (χ4v) is 3.12. The van der Waals surface area contributed by atoms with E-state index in [-0.39, 0.29) is 11.4 Å². The van der Waals surface area contributed by atoms with Crippen LogP contribution in [0.5, 0.6) is 0 Å². The average molecular weight is 391 g/mol. The van der Waals surface area contributed by atoms with Crippen molar-refractivity contribution in [1.29, 1.82) is 0 Å². The van der Waals surface area contributed by atoms with Crippen LogP contribution in [-0.4, -0.2) is 68.7 Å². The zero-order chi connectivity index (χ0) is 19.4. The largest absolute Gasteiger partial charge is 0.409 e. The van der Waals surface area contributed by atoms with Gasteiger partial charge in [0.2, 0.25) is 11.8 Å². The third-order valence-electron chi connectivity index (χ3n) is 4.20. The van der Waals surface area contributed by atoms with Gasteiger partial charge in [-0.15, -0.1) is 5.10 Å². The minimum absolute atomic E-state index is 0.0655. The van der Waals surface area contributed by atoms with E-state index in [1.54, 1.807) is 17.1 Å². The monoisotopic (exact) mass is 390 g/mol. The summed E-state index contributed by atoms with van der Waals surface area (Å²) in [4.78, 5) is 20.9. The molecule has 1 aliphatic rings. The van der Waals surface area contributed by atoms with Crippen molar-refractivity contribution in [2.24, 2.45) is 0 Å². The maximum absolute atomic E-state index is 12.1. The van der Waals surface area contributed by atoms with Crippen LogP contribution in [0.3, 0.4) is 0 Å². The summed E-state index contributed by atoms with van der Waals surface area (Å²) in [5, 5.41) is 7.47. The molecule has 0 aromatic carbocycles. The van der Waals surface area contributed by atoms with E-state index in [0.717, 1.165) is 31.7 Å². The molecule has 0 atom stereocenters. The Morgan fingerprint density at radius 2 is 1.96 bits per heavy atom. The van der Waals surface area contributed by atoms with Crippen LogP contribution >= 0.6 is 12.2 Å². The number of rotatable bonds is 5. The molecule has 3 rings (SSSR count). The zero-order valence-electron chi connectivity index (χ0n) is 16.0. The standard InChI is InChI=1S/C18H26N6O2S/c1-18(2,3)20-15(25)12-22-7-9-23(10-8-22)13-24-17(27)26-16(21-24)14-5-4-6-19-11-14/h4-6,11H,7-10,12-13H2,1-3H3,(H,20,25). The topological polar surface area (TPSA) is 79.4 Å². The molecular weight excluding hydrogens is 364 g/mol. The lowest BCUT2D eigenvalue weighted by Gasteiger charge is -2.34. The minimum Gasteiger partial charge on any atom is -0.409 e. The van der Waals surface area contributed by atoms with E-state index in [0.29, 0.717) is 23.9 Å². The highest BCUT2D eigenvalue weighted by Crippen LogP contribution is 2.16. The van der Waals surface area contributed by atoms with Crippen LogP contribution in [0.1, 0.15) is 20.8 Å². The summed E-state index contributed by atoms with van der Waals surface area (Å²) < 4.78 is 7.29. The van der Waals surface area contributed by atoms with Crippen molar-refractivity contribution in [1.82, 2.24) is 29.9 Å². The molecule has 1 amide bonds. The molecule has 9 heteroatoms. The summed E-state index contributed by atoms with van der Waals surface area (Å²) in [7, 11) is 0. The van der Waals surface area contributed by atoms with Gasteiger partial charge in [-0.2, -0.15) is 0 Å². The van der Waals surface area contributed by atoms with Crippen molar-refractivity contribution >= 4 is 18.1 Å². The predicted octanol–water partition coefficient (Wildman–Crippen LogP) is 1.76. The molecule has 0 unspecified atom stereocenters. The highest BCUT2D eigenvalue weighted by molar-refractivity contribution is 7.71. The first kappa shape index (κ1) is 19.7. The van der Waals surface area contributed by atoms with Crippen molar-refractivity contribution < 1.29 is 9.21 Å². The van der Waals surface area contributed by atoms with Gasteiger partial charge in [-0.3, -0.25) is 19.6 Å². The van der Waals surface area contributed by atoms with Crippen molar-refractivity contribution in [3.63, 3.8) is 0 Å². The summed E-state index contributed by atoms with van der Waals surface area (Å²) in [6, 6.07) is 3.72. The van der Waals surface area contributed by atoms with Gasteiger partial charge in [0.05, 0.1) is 18.8 Å². The Bertz CT molecular complexity index is 818. The number of hydrogen-bond acceptors (Lipinski definition) is 7. The summed E-state index contributed by atoms with van der Waals surface area (Å²) in [5.41, 5.74) is 0.603. The van der Waals surface area contributed by atoms with Crippen molar-refractivity contribution in [2.45, 2.75) is 33.0 Å². The second-order valence-electron chi connectivity index (χ2n) is 7.75.